The molecule has 4 atom stereocenters. The maximum atomic E-state index is 13.0. The Balaban J connectivity index is 2.11. The van der Waals surface area contributed by atoms with Crippen molar-refractivity contribution in [2.75, 3.05) is 6.61 Å². The fourth-order valence-electron chi connectivity index (χ4n) is 3.30. The summed E-state index contributed by atoms with van der Waals surface area (Å²) in [4.78, 5) is 67.1. The van der Waals surface area contributed by atoms with E-state index in [1.54, 1.807) is 30.3 Å². The van der Waals surface area contributed by atoms with E-state index < -0.39 is 60.4 Å². The van der Waals surface area contributed by atoms with E-state index in [0.717, 1.165) is 0 Å². The summed E-state index contributed by atoms with van der Waals surface area (Å²) in [5, 5.41) is 35.0. The van der Waals surface area contributed by atoms with Crippen molar-refractivity contribution in [2.24, 2.45) is 5.73 Å². The van der Waals surface area contributed by atoms with Crippen LogP contribution in [0.25, 0.3) is 0 Å². The number of nitrogens with one attached hydrogen (secondary N) is 4. The van der Waals surface area contributed by atoms with Crippen LogP contribution in [-0.4, -0.2) is 85.7 Å². The molecule has 0 radical (unpaired) electrons. The Hall–Kier alpha value is -4.30. The Kier molecular flexibility index (Phi) is 11.2. The van der Waals surface area contributed by atoms with Crippen LogP contribution < -0.4 is 21.7 Å². The maximum Gasteiger partial charge on any atom is 0.326 e. The van der Waals surface area contributed by atoms with Gasteiger partial charge in [-0.1, -0.05) is 30.3 Å². The van der Waals surface area contributed by atoms with Gasteiger partial charge >= 0.3 is 11.9 Å². The number of aliphatic hydroxyl groups excluding tert-OH is 1. The molecular formula is C23H30N6O8. The van der Waals surface area contributed by atoms with Crippen LogP contribution in [0.1, 0.15) is 24.1 Å². The predicted octanol–water partition coefficient (Wildman–Crippen LogP) is -2.08. The average molecular weight is 519 g/mol. The summed E-state index contributed by atoms with van der Waals surface area (Å²) in [5.41, 5.74) is 6.86. The number of aromatic amines is 1. The Morgan fingerprint density at radius 3 is 2.08 bits per heavy atom. The van der Waals surface area contributed by atoms with E-state index in [1.807, 2.05) is 0 Å². The van der Waals surface area contributed by atoms with Gasteiger partial charge in [-0.3, -0.25) is 19.2 Å². The molecule has 0 aliphatic carbocycles. The Bertz CT molecular complexity index is 1060. The Morgan fingerprint density at radius 1 is 0.892 bits per heavy atom. The van der Waals surface area contributed by atoms with Gasteiger partial charge in [-0.05, 0) is 12.0 Å². The van der Waals surface area contributed by atoms with Gasteiger partial charge < -0.3 is 42.0 Å². The van der Waals surface area contributed by atoms with Crippen LogP contribution in [0, 0.1) is 0 Å². The minimum atomic E-state index is -1.52. The summed E-state index contributed by atoms with van der Waals surface area (Å²) in [6, 6.07) is 3.30. The minimum Gasteiger partial charge on any atom is -0.481 e. The van der Waals surface area contributed by atoms with Crippen molar-refractivity contribution in [3.8, 4) is 0 Å². The number of benzene rings is 1. The van der Waals surface area contributed by atoms with Crippen LogP contribution in [0.3, 0.4) is 0 Å². The highest BCUT2D eigenvalue weighted by Crippen LogP contribution is 2.06. The van der Waals surface area contributed by atoms with E-state index in [2.05, 4.69) is 25.9 Å². The second-order valence-electron chi connectivity index (χ2n) is 8.21. The third-order valence-corrected chi connectivity index (χ3v) is 5.33. The molecule has 3 amide bonds. The van der Waals surface area contributed by atoms with Gasteiger partial charge in [-0.15, -0.1) is 0 Å². The van der Waals surface area contributed by atoms with E-state index in [0.29, 0.717) is 11.3 Å². The summed E-state index contributed by atoms with van der Waals surface area (Å²) < 4.78 is 0. The smallest absolute Gasteiger partial charge is 0.326 e. The molecule has 9 N–H and O–H groups in total. The molecular weight excluding hydrogens is 488 g/mol. The molecule has 1 aromatic heterocycles. The molecule has 4 unspecified atom stereocenters. The average Bonchev–Trinajstić information content (AvgIpc) is 3.38. The number of imidazole rings is 1. The van der Waals surface area contributed by atoms with E-state index >= 15 is 0 Å². The van der Waals surface area contributed by atoms with Crippen molar-refractivity contribution in [3.63, 3.8) is 0 Å². The third kappa shape index (κ3) is 9.70. The summed E-state index contributed by atoms with van der Waals surface area (Å²) in [6.07, 6.45) is 2.12. The number of nitrogens with two attached hydrogens (primary N) is 1. The third-order valence-electron chi connectivity index (χ3n) is 5.33. The molecule has 0 spiro atoms. The first-order valence-electron chi connectivity index (χ1n) is 11.3. The summed E-state index contributed by atoms with van der Waals surface area (Å²) in [5.74, 6) is -5.03. The van der Waals surface area contributed by atoms with E-state index in [4.69, 9.17) is 10.8 Å². The number of hydrogen-bond acceptors (Lipinski definition) is 8. The summed E-state index contributed by atoms with van der Waals surface area (Å²) in [7, 11) is 0. The van der Waals surface area contributed by atoms with Crippen LogP contribution in [-0.2, 0) is 36.8 Å². The highest BCUT2D eigenvalue weighted by Gasteiger charge is 2.30. The second kappa shape index (κ2) is 14.3. The molecule has 0 bridgehead atoms. The van der Waals surface area contributed by atoms with Gasteiger partial charge in [-0.25, -0.2) is 9.78 Å². The molecule has 0 aliphatic rings. The van der Waals surface area contributed by atoms with Crippen molar-refractivity contribution in [1.29, 1.82) is 0 Å². The molecule has 14 nitrogen and oxygen atoms in total. The van der Waals surface area contributed by atoms with Gasteiger partial charge in [0.2, 0.25) is 17.7 Å². The zero-order valence-electron chi connectivity index (χ0n) is 19.8. The minimum absolute atomic E-state index is 0.00140. The van der Waals surface area contributed by atoms with Crippen molar-refractivity contribution in [2.45, 2.75) is 49.9 Å². The van der Waals surface area contributed by atoms with Crippen molar-refractivity contribution in [3.05, 3.63) is 54.1 Å². The van der Waals surface area contributed by atoms with Gasteiger partial charge in [0.1, 0.15) is 18.1 Å². The van der Waals surface area contributed by atoms with Crippen LogP contribution in [0.5, 0.6) is 0 Å². The number of aliphatic hydroxyl groups is 1. The van der Waals surface area contributed by atoms with Crippen molar-refractivity contribution < 1.29 is 39.3 Å². The van der Waals surface area contributed by atoms with Crippen molar-refractivity contribution >= 4 is 29.7 Å². The second-order valence-corrected chi connectivity index (χ2v) is 8.21. The monoisotopic (exact) mass is 518 g/mol. The molecule has 2 rings (SSSR count). The van der Waals surface area contributed by atoms with Crippen LogP contribution >= 0.6 is 0 Å². The fourth-order valence-corrected chi connectivity index (χ4v) is 3.30. The molecule has 0 saturated carbocycles. The number of nitrogens with zero attached hydrogens (tertiary/aromatic N) is 1. The number of hydrogen-bond donors (Lipinski definition) is 8. The maximum absolute atomic E-state index is 13.0. The Labute approximate surface area is 211 Å². The number of rotatable bonds is 15. The molecule has 0 aliphatic heterocycles. The number of carbonyl (C=O) groups excluding carboxylic acids is 3. The van der Waals surface area contributed by atoms with Crippen LogP contribution in [0.2, 0.25) is 0 Å². The molecule has 200 valence electrons. The number of carboxylic acids is 2. The largest absolute Gasteiger partial charge is 0.481 e. The number of amides is 3. The van der Waals surface area contributed by atoms with E-state index in [1.165, 1.54) is 12.5 Å². The number of aromatic nitrogens is 2. The van der Waals surface area contributed by atoms with Gasteiger partial charge in [0.25, 0.3) is 0 Å². The standard InChI is InChI=1S/C23H30N6O8/c24-15(6-7-19(31)32)20(33)27-16(8-13-4-2-1-3-5-13)21(34)29-18(11-30)22(35)28-17(23(36)37)9-14-10-25-12-26-14/h1-5,10,12,15-18,30H,6-9,11,24H2,(H,25,26)(H,27,33)(H,28,35)(H,29,34)(H,31,32)(H,36,37). The van der Waals surface area contributed by atoms with Gasteiger partial charge in [-0.2, -0.15) is 0 Å². The molecule has 1 aromatic carbocycles. The molecule has 0 saturated heterocycles. The number of carboxylic acid groups (broad SMARTS) is 2. The highest BCUT2D eigenvalue weighted by molar-refractivity contribution is 5.94. The zero-order chi connectivity index (χ0) is 27.4. The first-order chi connectivity index (χ1) is 17.6. The molecule has 14 heteroatoms. The summed E-state index contributed by atoms with van der Waals surface area (Å²) in [6.45, 7) is -0.849. The number of aliphatic carboxylic acids is 2. The number of carbonyl (C=O) groups is 5. The highest BCUT2D eigenvalue weighted by atomic mass is 16.4. The molecule has 0 fully saturated rings. The lowest BCUT2D eigenvalue weighted by atomic mass is 10.0. The van der Waals surface area contributed by atoms with Gasteiger partial charge in [0.15, 0.2) is 0 Å². The lowest BCUT2D eigenvalue weighted by Gasteiger charge is -2.24. The van der Waals surface area contributed by atoms with Gasteiger partial charge in [0, 0.05) is 31.2 Å². The van der Waals surface area contributed by atoms with Crippen LogP contribution in [0.4, 0.5) is 0 Å². The van der Waals surface area contributed by atoms with E-state index in [-0.39, 0.29) is 25.7 Å². The lowest BCUT2D eigenvalue weighted by Crippen LogP contribution is -2.58. The molecule has 1 heterocycles. The Morgan fingerprint density at radius 2 is 1.51 bits per heavy atom. The molecule has 37 heavy (non-hydrogen) atoms. The zero-order valence-corrected chi connectivity index (χ0v) is 19.8. The predicted molar refractivity (Wildman–Crippen MR) is 128 cm³/mol. The lowest BCUT2D eigenvalue weighted by molar-refractivity contribution is -0.142. The van der Waals surface area contributed by atoms with E-state index in [9.17, 15) is 34.2 Å². The first kappa shape index (κ1) is 28.9. The van der Waals surface area contributed by atoms with Crippen molar-refractivity contribution in [1.82, 2.24) is 25.9 Å². The SMILES string of the molecule is NC(CCC(=O)O)C(=O)NC(Cc1ccccc1)C(=O)NC(CO)C(=O)NC(Cc1cnc[nH]1)C(=O)O. The quantitative estimate of drug-likeness (QED) is 0.128. The first-order valence-corrected chi connectivity index (χ1v) is 11.3. The summed E-state index contributed by atoms with van der Waals surface area (Å²) >= 11 is 0. The normalized spacial score (nSPS) is 14.0. The van der Waals surface area contributed by atoms with Gasteiger partial charge in [0.05, 0.1) is 19.0 Å². The van der Waals surface area contributed by atoms with Crippen LogP contribution in [0.15, 0.2) is 42.9 Å². The fraction of sp³-hybridized carbons (Fsp3) is 0.391. The molecule has 2 aromatic rings. The topological polar surface area (TPSA) is 237 Å². The number of H-pyrrole nitrogens is 1.